The number of hydrogen-bond acceptors (Lipinski definition) is 4. The molecule has 1 aromatic carbocycles. The lowest BCUT2D eigenvalue weighted by molar-refractivity contribution is 0.409. The van der Waals surface area contributed by atoms with Crippen molar-refractivity contribution in [3.8, 4) is 17.0 Å². The molecule has 0 aliphatic heterocycles. The number of nitrogens with zero attached hydrogens (tertiary/aromatic N) is 1. The van der Waals surface area contributed by atoms with Crippen molar-refractivity contribution in [1.29, 1.82) is 0 Å². The van der Waals surface area contributed by atoms with Crippen molar-refractivity contribution >= 4 is 11.8 Å². The Morgan fingerprint density at radius 1 is 1.35 bits per heavy atom. The maximum absolute atomic E-state index is 12.0. The van der Waals surface area contributed by atoms with Crippen molar-refractivity contribution in [1.82, 2.24) is 9.55 Å². The number of aryl methyl sites for hydroxylation is 1. The Morgan fingerprint density at radius 3 is 2.75 bits per heavy atom. The first kappa shape index (κ1) is 14.5. The Labute approximate surface area is 120 Å². The number of rotatable bonds is 4. The van der Waals surface area contributed by atoms with Gasteiger partial charge in [0.1, 0.15) is 5.56 Å². The van der Waals surface area contributed by atoms with Crippen molar-refractivity contribution < 1.29 is 5.11 Å². The topological polar surface area (TPSA) is 75.1 Å². The van der Waals surface area contributed by atoms with Crippen LogP contribution in [0.1, 0.15) is 5.56 Å². The third-order valence-corrected chi connectivity index (χ3v) is 3.59. The largest absolute Gasteiger partial charge is 0.494 e. The molecule has 1 aromatic heterocycles. The fraction of sp³-hybridized carbons (Fsp3) is 0.286. The molecule has 2 aromatic rings. The van der Waals surface area contributed by atoms with Crippen molar-refractivity contribution in [3.05, 3.63) is 50.7 Å². The van der Waals surface area contributed by atoms with Gasteiger partial charge < -0.3 is 5.11 Å². The molecule has 106 valence electrons. The predicted molar refractivity (Wildman–Crippen MR) is 81.5 cm³/mol. The van der Waals surface area contributed by atoms with Gasteiger partial charge in [0.25, 0.3) is 5.56 Å². The fourth-order valence-corrected chi connectivity index (χ4v) is 2.38. The highest BCUT2D eigenvalue weighted by Crippen LogP contribution is 2.24. The Hall–Kier alpha value is -1.95. The maximum Gasteiger partial charge on any atom is 0.331 e. The minimum Gasteiger partial charge on any atom is -0.494 e. The summed E-state index contributed by atoms with van der Waals surface area (Å²) in [6, 6.07) is 7.24. The standard InChI is InChI=1S/C14H16N2O3S/c1-9-4-3-5-10(8-9)11-12(17)15-14(19)16(13(11)18)6-7-20-2/h3-5,8,18H,6-7H2,1-2H3,(H,15,17,19). The molecule has 20 heavy (non-hydrogen) atoms. The van der Waals surface area contributed by atoms with Crippen LogP contribution in [0.2, 0.25) is 0 Å². The van der Waals surface area contributed by atoms with Crippen LogP contribution in [0.25, 0.3) is 11.1 Å². The summed E-state index contributed by atoms with van der Waals surface area (Å²) in [6.45, 7) is 2.25. The monoisotopic (exact) mass is 292 g/mol. The van der Waals surface area contributed by atoms with E-state index in [9.17, 15) is 14.7 Å². The van der Waals surface area contributed by atoms with Crippen LogP contribution in [0, 0.1) is 6.92 Å². The van der Waals surface area contributed by atoms with E-state index in [0.717, 1.165) is 5.56 Å². The summed E-state index contributed by atoms with van der Waals surface area (Å²) in [5.41, 5.74) is 0.552. The number of aromatic hydroxyl groups is 1. The second-order valence-corrected chi connectivity index (χ2v) is 5.46. The van der Waals surface area contributed by atoms with Crippen LogP contribution < -0.4 is 11.2 Å². The molecule has 0 radical (unpaired) electrons. The number of aromatic amines is 1. The van der Waals surface area contributed by atoms with Crippen LogP contribution in [0.5, 0.6) is 5.88 Å². The van der Waals surface area contributed by atoms with Crippen molar-refractivity contribution in [2.45, 2.75) is 13.5 Å². The van der Waals surface area contributed by atoms with Gasteiger partial charge in [-0.05, 0) is 18.7 Å². The molecule has 2 rings (SSSR count). The number of hydrogen-bond donors (Lipinski definition) is 2. The lowest BCUT2D eigenvalue weighted by Crippen LogP contribution is -2.31. The van der Waals surface area contributed by atoms with Gasteiger partial charge in [-0.15, -0.1) is 0 Å². The second-order valence-electron chi connectivity index (χ2n) is 4.47. The first-order valence-corrected chi connectivity index (χ1v) is 7.56. The van der Waals surface area contributed by atoms with E-state index in [1.54, 1.807) is 30.0 Å². The molecule has 0 amide bonds. The van der Waals surface area contributed by atoms with E-state index in [0.29, 0.717) is 17.9 Å². The van der Waals surface area contributed by atoms with Gasteiger partial charge >= 0.3 is 5.69 Å². The van der Waals surface area contributed by atoms with Crippen LogP contribution in [0.4, 0.5) is 0 Å². The van der Waals surface area contributed by atoms with Crippen LogP contribution in [0.3, 0.4) is 0 Å². The highest BCUT2D eigenvalue weighted by molar-refractivity contribution is 7.98. The molecule has 0 bridgehead atoms. The van der Waals surface area contributed by atoms with Gasteiger partial charge in [-0.25, -0.2) is 4.79 Å². The van der Waals surface area contributed by atoms with Gasteiger partial charge in [0.15, 0.2) is 0 Å². The van der Waals surface area contributed by atoms with Gasteiger partial charge in [0.05, 0.1) is 0 Å². The number of thioether (sulfide) groups is 1. The molecular formula is C14H16N2O3S. The number of nitrogens with one attached hydrogen (secondary N) is 1. The molecule has 0 atom stereocenters. The Kier molecular flexibility index (Phi) is 4.34. The van der Waals surface area contributed by atoms with Crippen LogP contribution in [-0.4, -0.2) is 26.7 Å². The number of benzene rings is 1. The molecule has 5 nitrogen and oxygen atoms in total. The van der Waals surface area contributed by atoms with Crippen LogP contribution in [-0.2, 0) is 6.54 Å². The van der Waals surface area contributed by atoms with Crippen molar-refractivity contribution in [3.63, 3.8) is 0 Å². The summed E-state index contributed by atoms with van der Waals surface area (Å²) in [4.78, 5) is 26.0. The van der Waals surface area contributed by atoms with Crippen molar-refractivity contribution in [2.24, 2.45) is 0 Å². The highest BCUT2D eigenvalue weighted by atomic mass is 32.2. The molecule has 0 fully saturated rings. The SMILES string of the molecule is CSCCn1c(O)c(-c2cccc(C)c2)c(=O)[nH]c1=O. The number of aromatic nitrogens is 2. The summed E-state index contributed by atoms with van der Waals surface area (Å²) >= 11 is 1.56. The summed E-state index contributed by atoms with van der Waals surface area (Å²) in [7, 11) is 0. The van der Waals surface area contributed by atoms with E-state index in [-0.39, 0.29) is 11.4 Å². The Bertz CT molecular complexity index is 734. The molecular weight excluding hydrogens is 276 g/mol. The molecule has 0 unspecified atom stereocenters. The van der Waals surface area contributed by atoms with E-state index in [2.05, 4.69) is 4.98 Å². The van der Waals surface area contributed by atoms with Gasteiger partial charge in [0, 0.05) is 12.3 Å². The number of H-pyrrole nitrogens is 1. The maximum atomic E-state index is 12.0. The third kappa shape index (κ3) is 2.80. The third-order valence-electron chi connectivity index (χ3n) is 3.00. The minimum absolute atomic E-state index is 0.134. The smallest absolute Gasteiger partial charge is 0.331 e. The first-order valence-electron chi connectivity index (χ1n) is 6.16. The molecule has 0 aliphatic rings. The molecule has 1 heterocycles. The van der Waals surface area contributed by atoms with Gasteiger partial charge in [-0.2, -0.15) is 11.8 Å². The summed E-state index contributed by atoms with van der Waals surface area (Å²) in [5.74, 6) is 0.394. The predicted octanol–water partition coefficient (Wildman–Crippen LogP) is 1.58. The average molecular weight is 292 g/mol. The van der Waals surface area contributed by atoms with E-state index < -0.39 is 11.2 Å². The zero-order valence-corrected chi connectivity index (χ0v) is 12.2. The fourth-order valence-electron chi connectivity index (χ4n) is 2.01. The Balaban J connectivity index is 2.64. The van der Waals surface area contributed by atoms with E-state index in [1.807, 2.05) is 19.2 Å². The average Bonchev–Trinajstić information content (AvgIpc) is 2.38. The Morgan fingerprint density at radius 2 is 2.10 bits per heavy atom. The van der Waals surface area contributed by atoms with E-state index in [1.165, 1.54) is 4.57 Å². The summed E-state index contributed by atoms with van der Waals surface area (Å²) in [5, 5.41) is 10.3. The zero-order valence-electron chi connectivity index (χ0n) is 11.3. The lowest BCUT2D eigenvalue weighted by atomic mass is 10.1. The van der Waals surface area contributed by atoms with Gasteiger partial charge in [0.2, 0.25) is 5.88 Å². The normalized spacial score (nSPS) is 10.7. The van der Waals surface area contributed by atoms with E-state index in [4.69, 9.17) is 0 Å². The van der Waals surface area contributed by atoms with E-state index >= 15 is 0 Å². The van der Waals surface area contributed by atoms with Crippen LogP contribution in [0.15, 0.2) is 33.9 Å². The quantitative estimate of drug-likeness (QED) is 0.897. The molecule has 0 saturated heterocycles. The minimum atomic E-state index is -0.585. The molecule has 0 aliphatic carbocycles. The molecule has 0 spiro atoms. The molecule has 2 N–H and O–H groups in total. The van der Waals surface area contributed by atoms with Crippen molar-refractivity contribution in [2.75, 3.05) is 12.0 Å². The van der Waals surface area contributed by atoms with Gasteiger partial charge in [-0.3, -0.25) is 14.3 Å². The highest BCUT2D eigenvalue weighted by Gasteiger charge is 2.15. The molecule has 6 heteroatoms. The van der Waals surface area contributed by atoms with Gasteiger partial charge in [-0.1, -0.05) is 29.8 Å². The van der Waals surface area contributed by atoms with Crippen LogP contribution >= 0.6 is 11.8 Å². The zero-order chi connectivity index (χ0) is 14.7. The first-order chi connectivity index (χ1) is 9.54. The molecule has 0 saturated carbocycles. The summed E-state index contributed by atoms with van der Waals surface area (Å²) in [6.07, 6.45) is 1.91. The second kappa shape index (κ2) is 6.00. The summed E-state index contributed by atoms with van der Waals surface area (Å²) < 4.78 is 1.19. The lowest BCUT2D eigenvalue weighted by Gasteiger charge is -2.11.